The van der Waals surface area contributed by atoms with E-state index in [1.807, 2.05) is 13.8 Å². The average Bonchev–Trinajstić information content (AvgIpc) is 2.36. The number of hydrogen-bond donors (Lipinski definition) is 2. The average molecular weight is 297 g/mol. The molecule has 0 spiro atoms. The van der Waals surface area contributed by atoms with Crippen molar-refractivity contribution in [3.63, 3.8) is 0 Å². The second-order valence-electron chi connectivity index (χ2n) is 4.45. The number of likely N-dealkylation sites (N-methyl/N-ethyl adjacent to an activating group) is 1. The SMILES string of the molecule is CCN(CC)C(=O)C(C)NC(C)C(=O)NCC(F)(F)F. The fourth-order valence-electron chi connectivity index (χ4n) is 1.67. The Morgan fingerprint density at radius 2 is 1.60 bits per heavy atom. The molecule has 0 fully saturated rings. The molecule has 0 radical (unpaired) electrons. The number of nitrogens with one attached hydrogen (secondary N) is 2. The summed E-state index contributed by atoms with van der Waals surface area (Å²) in [4.78, 5) is 25.0. The number of carbonyl (C=O) groups excluding carboxylic acids is 2. The molecule has 118 valence electrons. The molecule has 0 aromatic heterocycles. The van der Waals surface area contributed by atoms with Crippen LogP contribution < -0.4 is 10.6 Å². The van der Waals surface area contributed by atoms with Crippen molar-refractivity contribution in [3.05, 3.63) is 0 Å². The summed E-state index contributed by atoms with van der Waals surface area (Å²) in [5.41, 5.74) is 0. The molecule has 5 nitrogen and oxygen atoms in total. The van der Waals surface area contributed by atoms with Gasteiger partial charge in [0.1, 0.15) is 6.54 Å². The molecular weight excluding hydrogens is 275 g/mol. The van der Waals surface area contributed by atoms with Gasteiger partial charge in [-0.1, -0.05) is 0 Å². The minimum Gasteiger partial charge on any atom is -0.346 e. The Morgan fingerprint density at radius 3 is 2.00 bits per heavy atom. The number of alkyl halides is 3. The summed E-state index contributed by atoms with van der Waals surface area (Å²) in [6.45, 7) is 6.34. The first-order chi connectivity index (χ1) is 9.12. The molecule has 0 heterocycles. The summed E-state index contributed by atoms with van der Waals surface area (Å²) >= 11 is 0. The number of carbonyl (C=O) groups is 2. The van der Waals surface area contributed by atoms with Gasteiger partial charge in [-0.3, -0.25) is 14.9 Å². The molecule has 0 saturated carbocycles. The van der Waals surface area contributed by atoms with Crippen LogP contribution in [0.2, 0.25) is 0 Å². The van der Waals surface area contributed by atoms with Crippen LogP contribution in [0.3, 0.4) is 0 Å². The van der Waals surface area contributed by atoms with Crippen molar-refractivity contribution in [1.29, 1.82) is 0 Å². The topological polar surface area (TPSA) is 61.4 Å². The molecule has 0 rings (SSSR count). The first-order valence-corrected chi connectivity index (χ1v) is 6.51. The van der Waals surface area contributed by atoms with E-state index < -0.39 is 30.7 Å². The monoisotopic (exact) mass is 297 g/mol. The van der Waals surface area contributed by atoms with Crippen molar-refractivity contribution in [1.82, 2.24) is 15.5 Å². The highest BCUT2D eigenvalue weighted by Gasteiger charge is 2.29. The first-order valence-electron chi connectivity index (χ1n) is 6.51. The maximum absolute atomic E-state index is 12.0. The lowest BCUT2D eigenvalue weighted by Gasteiger charge is -2.25. The Hall–Kier alpha value is -1.31. The van der Waals surface area contributed by atoms with Crippen molar-refractivity contribution < 1.29 is 22.8 Å². The van der Waals surface area contributed by atoms with Crippen LogP contribution in [0.4, 0.5) is 13.2 Å². The zero-order valence-corrected chi connectivity index (χ0v) is 12.2. The van der Waals surface area contributed by atoms with Crippen LogP contribution in [-0.4, -0.2) is 54.6 Å². The van der Waals surface area contributed by atoms with Gasteiger partial charge < -0.3 is 10.2 Å². The van der Waals surface area contributed by atoms with Crippen LogP contribution >= 0.6 is 0 Å². The molecule has 2 amide bonds. The van der Waals surface area contributed by atoms with Crippen LogP contribution in [0.5, 0.6) is 0 Å². The van der Waals surface area contributed by atoms with Crippen molar-refractivity contribution in [2.24, 2.45) is 0 Å². The molecule has 0 bridgehead atoms. The quantitative estimate of drug-likeness (QED) is 0.734. The van der Waals surface area contributed by atoms with Crippen molar-refractivity contribution >= 4 is 11.8 Å². The van der Waals surface area contributed by atoms with E-state index in [1.54, 1.807) is 17.1 Å². The maximum Gasteiger partial charge on any atom is 0.405 e. The van der Waals surface area contributed by atoms with E-state index in [9.17, 15) is 22.8 Å². The Kier molecular flexibility index (Phi) is 7.55. The number of hydrogen-bond acceptors (Lipinski definition) is 3. The minimum atomic E-state index is -4.45. The van der Waals surface area contributed by atoms with Gasteiger partial charge in [0.15, 0.2) is 0 Å². The lowest BCUT2D eigenvalue weighted by Crippen LogP contribution is -2.52. The minimum absolute atomic E-state index is 0.189. The molecule has 2 N–H and O–H groups in total. The van der Waals surface area contributed by atoms with E-state index in [1.165, 1.54) is 6.92 Å². The van der Waals surface area contributed by atoms with Crippen molar-refractivity contribution in [2.75, 3.05) is 19.6 Å². The second kappa shape index (κ2) is 8.08. The summed E-state index contributed by atoms with van der Waals surface area (Å²) < 4.78 is 35.9. The van der Waals surface area contributed by atoms with Gasteiger partial charge in [-0.05, 0) is 27.7 Å². The molecular formula is C12H22F3N3O2. The molecule has 20 heavy (non-hydrogen) atoms. The van der Waals surface area contributed by atoms with Gasteiger partial charge >= 0.3 is 6.18 Å². The van der Waals surface area contributed by atoms with Gasteiger partial charge in [0.05, 0.1) is 12.1 Å². The van der Waals surface area contributed by atoms with Gasteiger partial charge in [0, 0.05) is 13.1 Å². The van der Waals surface area contributed by atoms with Crippen LogP contribution in [-0.2, 0) is 9.59 Å². The third kappa shape index (κ3) is 6.74. The zero-order chi connectivity index (χ0) is 15.9. The Bertz CT molecular complexity index is 330. The van der Waals surface area contributed by atoms with Gasteiger partial charge in [0.25, 0.3) is 0 Å². The molecule has 0 aliphatic carbocycles. The van der Waals surface area contributed by atoms with E-state index >= 15 is 0 Å². The predicted octanol–water partition coefficient (Wildman–Crippen LogP) is 0.900. The van der Waals surface area contributed by atoms with E-state index in [0.29, 0.717) is 13.1 Å². The van der Waals surface area contributed by atoms with Crippen molar-refractivity contribution in [3.8, 4) is 0 Å². The lowest BCUT2D eigenvalue weighted by molar-refractivity contribution is -0.140. The molecule has 8 heteroatoms. The Morgan fingerprint density at radius 1 is 1.10 bits per heavy atom. The predicted molar refractivity (Wildman–Crippen MR) is 69.1 cm³/mol. The van der Waals surface area contributed by atoms with E-state index in [4.69, 9.17) is 0 Å². The summed E-state index contributed by atoms with van der Waals surface area (Å²) in [5.74, 6) is -0.980. The van der Waals surface area contributed by atoms with Crippen LogP contribution in [0.1, 0.15) is 27.7 Å². The standard InChI is InChI=1S/C12H22F3N3O2/c1-5-18(6-2)11(20)9(4)17-8(3)10(19)16-7-12(13,14)15/h8-9,17H,5-7H2,1-4H3,(H,16,19). The first kappa shape index (κ1) is 18.7. The summed E-state index contributed by atoms with van der Waals surface area (Å²) in [5, 5.41) is 4.47. The Labute approximate surface area is 116 Å². The van der Waals surface area contributed by atoms with Crippen LogP contribution in [0.25, 0.3) is 0 Å². The molecule has 0 aromatic carbocycles. The summed E-state index contributed by atoms with van der Waals surface area (Å²) in [6, 6.07) is -1.52. The normalized spacial score (nSPS) is 14.6. The lowest BCUT2D eigenvalue weighted by atomic mass is 10.2. The highest BCUT2D eigenvalue weighted by atomic mass is 19.4. The van der Waals surface area contributed by atoms with Crippen molar-refractivity contribution in [2.45, 2.75) is 46.0 Å². The molecule has 2 atom stereocenters. The summed E-state index contributed by atoms with van der Waals surface area (Å²) in [6.07, 6.45) is -4.45. The molecule has 0 saturated heterocycles. The van der Waals surface area contributed by atoms with E-state index in [-0.39, 0.29) is 5.91 Å². The third-order valence-electron chi connectivity index (χ3n) is 2.80. The second-order valence-corrected chi connectivity index (χ2v) is 4.45. The highest BCUT2D eigenvalue weighted by molar-refractivity contribution is 5.84. The van der Waals surface area contributed by atoms with Gasteiger partial charge in [-0.15, -0.1) is 0 Å². The van der Waals surface area contributed by atoms with Gasteiger partial charge in [-0.2, -0.15) is 13.2 Å². The maximum atomic E-state index is 12.0. The summed E-state index contributed by atoms with van der Waals surface area (Å²) in [7, 11) is 0. The zero-order valence-electron chi connectivity index (χ0n) is 12.2. The largest absolute Gasteiger partial charge is 0.405 e. The number of amides is 2. The number of nitrogens with zero attached hydrogens (tertiary/aromatic N) is 1. The number of halogens is 3. The Balaban J connectivity index is 4.34. The van der Waals surface area contributed by atoms with Crippen LogP contribution in [0.15, 0.2) is 0 Å². The fraction of sp³-hybridized carbons (Fsp3) is 0.833. The van der Waals surface area contributed by atoms with E-state index in [0.717, 1.165) is 0 Å². The van der Waals surface area contributed by atoms with Gasteiger partial charge in [0.2, 0.25) is 11.8 Å². The number of rotatable bonds is 7. The molecule has 0 aromatic rings. The van der Waals surface area contributed by atoms with Crippen LogP contribution in [0, 0.1) is 0 Å². The highest BCUT2D eigenvalue weighted by Crippen LogP contribution is 2.12. The van der Waals surface area contributed by atoms with Gasteiger partial charge in [-0.25, -0.2) is 0 Å². The smallest absolute Gasteiger partial charge is 0.346 e. The third-order valence-corrected chi connectivity index (χ3v) is 2.80. The molecule has 0 aliphatic rings. The molecule has 0 aliphatic heterocycles. The molecule has 2 unspecified atom stereocenters. The fourth-order valence-corrected chi connectivity index (χ4v) is 1.67. The van der Waals surface area contributed by atoms with E-state index in [2.05, 4.69) is 5.32 Å².